The fraction of sp³-hybridized carbons (Fsp3) is 0.700. The Bertz CT molecular complexity index is 406. The summed E-state index contributed by atoms with van der Waals surface area (Å²) >= 11 is 0. The molecule has 0 spiro atoms. The van der Waals surface area contributed by atoms with Gasteiger partial charge < -0.3 is 14.8 Å². The number of carboxylic acid groups (broad SMARTS) is 1. The lowest BCUT2D eigenvalue weighted by molar-refractivity contribution is -0.170. The van der Waals surface area contributed by atoms with Gasteiger partial charge in [0.05, 0.1) is 0 Å². The molecule has 0 aromatic rings. The van der Waals surface area contributed by atoms with E-state index in [1.165, 1.54) is 13.8 Å². The van der Waals surface area contributed by atoms with Crippen LogP contribution in [0.1, 0.15) is 20.3 Å². The number of hydrogen-bond acceptors (Lipinski definition) is 4. The zero-order chi connectivity index (χ0) is 14.8. The van der Waals surface area contributed by atoms with Crippen LogP contribution in [0.2, 0.25) is 0 Å². The van der Waals surface area contributed by atoms with Gasteiger partial charge in [0.15, 0.2) is 5.71 Å². The number of carboxylic acids is 1. The Morgan fingerprint density at radius 1 is 1.53 bits per heavy atom. The highest BCUT2D eigenvalue weighted by molar-refractivity contribution is 6.36. The van der Waals surface area contributed by atoms with Crippen LogP contribution in [0.15, 0.2) is 5.16 Å². The Labute approximate surface area is 106 Å². The lowest BCUT2D eigenvalue weighted by Gasteiger charge is -2.29. The van der Waals surface area contributed by atoms with Crippen molar-refractivity contribution in [1.82, 2.24) is 4.90 Å². The summed E-state index contributed by atoms with van der Waals surface area (Å²) in [5.74, 6) is -2.28. The molecule has 1 rings (SSSR count). The highest BCUT2D eigenvalue weighted by Gasteiger charge is 2.40. The molecule has 0 fully saturated rings. The molecule has 0 aromatic heterocycles. The summed E-state index contributed by atoms with van der Waals surface area (Å²) in [6.45, 7) is 1.45. The number of carbonyl (C=O) groups is 2. The number of oxime groups is 1. The quantitative estimate of drug-likeness (QED) is 0.834. The van der Waals surface area contributed by atoms with Gasteiger partial charge in [0, 0.05) is 12.5 Å². The molecule has 0 saturated carbocycles. The molecule has 0 aromatic carbocycles. The first-order valence-electron chi connectivity index (χ1n) is 5.45. The molecule has 1 heterocycles. The molecule has 1 unspecified atom stereocenters. The van der Waals surface area contributed by atoms with Crippen molar-refractivity contribution in [3.63, 3.8) is 0 Å². The maximum Gasteiger partial charge on any atom is 0.406 e. The summed E-state index contributed by atoms with van der Waals surface area (Å²) in [5, 5.41) is 11.8. The van der Waals surface area contributed by atoms with E-state index in [4.69, 9.17) is 5.11 Å². The van der Waals surface area contributed by atoms with Gasteiger partial charge in [-0.1, -0.05) is 5.16 Å². The number of aliphatic carboxylic acids is 1. The van der Waals surface area contributed by atoms with Crippen molar-refractivity contribution in [3.8, 4) is 0 Å². The topological polar surface area (TPSA) is 79.2 Å². The van der Waals surface area contributed by atoms with Gasteiger partial charge in [0.25, 0.3) is 5.91 Å². The fourth-order valence-corrected chi connectivity index (χ4v) is 1.53. The van der Waals surface area contributed by atoms with Crippen molar-refractivity contribution in [2.75, 3.05) is 6.54 Å². The molecule has 0 aliphatic carbocycles. The van der Waals surface area contributed by atoms with Crippen LogP contribution in [-0.2, 0) is 14.4 Å². The van der Waals surface area contributed by atoms with Crippen molar-refractivity contribution in [2.24, 2.45) is 5.16 Å². The van der Waals surface area contributed by atoms with Crippen molar-refractivity contribution in [1.29, 1.82) is 0 Å². The maximum absolute atomic E-state index is 12.4. The molecule has 9 heteroatoms. The van der Waals surface area contributed by atoms with Gasteiger partial charge in [-0.2, -0.15) is 13.2 Å². The van der Waals surface area contributed by atoms with Gasteiger partial charge in [-0.3, -0.25) is 4.79 Å². The SMILES string of the molecule is CC(C)N(CC(F)(F)F)C(=O)C1CC(C(=O)O)=NO1. The Morgan fingerprint density at radius 2 is 2.11 bits per heavy atom. The normalized spacial score (nSPS) is 19.1. The zero-order valence-corrected chi connectivity index (χ0v) is 10.3. The van der Waals surface area contributed by atoms with Crippen LogP contribution >= 0.6 is 0 Å². The number of carbonyl (C=O) groups excluding carboxylic acids is 1. The second-order valence-electron chi connectivity index (χ2n) is 4.32. The van der Waals surface area contributed by atoms with Gasteiger partial charge >= 0.3 is 12.1 Å². The van der Waals surface area contributed by atoms with Crippen LogP contribution in [0.4, 0.5) is 13.2 Å². The molecule has 6 nitrogen and oxygen atoms in total. The van der Waals surface area contributed by atoms with Gasteiger partial charge in [0.2, 0.25) is 6.10 Å². The summed E-state index contributed by atoms with van der Waals surface area (Å²) in [4.78, 5) is 27.6. The van der Waals surface area contributed by atoms with Crippen LogP contribution in [0.5, 0.6) is 0 Å². The molecule has 1 N–H and O–H groups in total. The first-order chi connectivity index (χ1) is 8.61. The number of rotatable bonds is 4. The Morgan fingerprint density at radius 3 is 2.47 bits per heavy atom. The zero-order valence-electron chi connectivity index (χ0n) is 10.3. The molecule has 19 heavy (non-hydrogen) atoms. The molecule has 1 amide bonds. The van der Waals surface area contributed by atoms with E-state index < -0.39 is 36.7 Å². The number of alkyl halides is 3. The van der Waals surface area contributed by atoms with Crippen molar-refractivity contribution >= 4 is 17.6 Å². The fourth-order valence-electron chi connectivity index (χ4n) is 1.53. The molecule has 1 atom stereocenters. The third kappa shape index (κ3) is 4.11. The molecular formula is C10H13F3N2O4. The smallest absolute Gasteiger partial charge is 0.406 e. The Balaban J connectivity index is 2.72. The monoisotopic (exact) mass is 282 g/mol. The minimum atomic E-state index is -4.53. The van der Waals surface area contributed by atoms with Crippen molar-refractivity contribution < 1.29 is 32.7 Å². The summed E-state index contributed by atoms with van der Waals surface area (Å²) in [7, 11) is 0. The van der Waals surface area contributed by atoms with Crippen molar-refractivity contribution in [3.05, 3.63) is 0 Å². The predicted octanol–water partition coefficient (Wildman–Crippen LogP) is 1.02. The molecule has 1 aliphatic rings. The van der Waals surface area contributed by atoms with E-state index in [9.17, 15) is 22.8 Å². The van der Waals surface area contributed by atoms with Crippen LogP contribution in [0.25, 0.3) is 0 Å². The van der Waals surface area contributed by atoms with E-state index in [-0.39, 0.29) is 12.1 Å². The van der Waals surface area contributed by atoms with Crippen LogP contribution < -0.4 is 0 Å². The van der Waals surface area contributed by atoms with Gasteiger partial charge in [-0.05, 0) is 13.8 Å². The van der Waals surface area contributed by atoms with E-state index in [2.05, 4.69) is 9.99 Å². The second-order valence-corrected chi connectivity index (χ2v) is 4.32. The minimum absolute atomic E-state index is 0.338. The summed E-state index contributed by atoms with van der Waals surface area (Å²) < 4.78 is 37.1. The maximum atomic E-state index is 12.4. The molecular weight excluding hydrogens is 269 g/mol. The average Bonchev–Trinajstić information content (AvgIpc) is 2.72. The molecule has 0 bridgehead atoms. The predicted molar refractivity (Wildman–Crippen MR) is 57.5 cm³/mol. The lowest BCUT2D eigenvalue weighted by atomic mass is 10.1. The molecule has 1 aliphatic heterocycles. The highest BCUT2D eigenvalue weighted by Crippen LogP contribution is 2.21. The molecule has 108 valence electrons. The van der Waals surface area contributed by atoms with Gasteiger partial charge in [-0.15, -0.1) is 0 Å². The van der Waals surface area contributed by atoms with Crippen LogP contribution in [0.3, 0.4) is 0 Å². The standard InChI is InChI=1S/C10H13F3N2O4/c1-5(2)15(4-10(11,12)13)8(16)7-3-6(9(17)18)14-19-7/h5,7H,3-4H2,1-2H3,(H,17,18). The first kappa shape index (κ1) is 15.3. The number of halogens is 3. The second kappa shape index (κ2) is 5.45. The number of amides is 1. The Hall–Kier alpha value is -1.80. The lowest BCUT2D eigenvalue weighted by Crippen LogP contribution is -2.48. The third-order valence-corrected chi connectivity index (χ3v) is 2.45. The average molecular weight is 282 g/mol. The summed E-state index contributed by atoms with van der Waals surface area (Å²) in [6, 6.07) is -0.688. The minimum Gasteiger partial charge on any atom is -0.477 e. The molecule has 0 saturated heterocycles. The van der Waals surface area contributed by atoms with Crippen LogP contribution in [-0.4, -0.2) is 52.5 Å². The first-order valence-corrected chi connectivity index (χ1v) is 5.45. The van der Waals surface area contributed by atoms with E-state index in [0.29, 0.717) is 4.90 Å². The van der Waals surface area contributed by atoms with E-state index in [1.54, 1.807) is 0 Å². The van der Waals surface area contributed by atoms with Gasteiger partial charge in [-0.25, -0.2) is 4.79 Å². The third-order valence-electron chi connectivity index (χ3n) is 2.45. The van der Waals surface area contributed by atoms with E-state index in [1.807, 2.05) is 0 Å². The number of hydrogen-bond donors (Lipinski definition) is 1. The Kier molecular flexibility index (Phi) is 4.38. The summed E-state index contributed by atoms with van der Waals surface area (Å²) in [5.41, 5.74) is -0.380. The number of nitrogens with zero attached hydrogens (tertiary/aromatic N) is 2. The van der Waals surface area contributed by atoms with Crippen molar-refractivity contribution in [2.45, 2.75) is 38.6 Å². The highest BCUT2D eigenvalue weighted by atomic mass is 19.4. The van der Waals surface area contributed by atoms with E-state index >= 15 is 0 Å². The van der Waals surface area contributed by atoms with E-state index in [0.717, 1.165) is 0 Å². The van der Waals surface area contributed by atoms with Gasteiger partial charge in [0.1, 0.15) is 6.54 Å². The largest absolute Gasteiger partial charge is 0.477 e. The molecule has 0 radical (unpaired) electrons. The van der Waals surface area contributed by atoms with Crippen LogP contribution in [0, 0.1) is 0 Å². The summed E-state index contributed by atoms with van der Waals surface area (Å²) in [6.07, 6.45) is -6.18.